The molecule has 0 spiro atoms. The first-order valence-corrected chi connectivity index (χ1v) is 21.1. The number of furan rings is 2. The number of para-hydroxylation sites is 3. The summed E-state index contributed by atoms with van der Waals surface area (Å²) in [6, 6.07) is 48.5. The highest BCUT2D eigenvalue weighted by Gasteiger charge is 2.52. The summed E-state index contributed by atoms with van der Waals surface area (Å²) in [4.78, 5) is 22.5. The number of aryl methyl sites for hydroxylation is 4. The van der Waals surface area contributed by atoms with E-state index in [0.29, 0.717) is 0 Å². The van der Waals surface area contributed by atoms with Gasteiger partial charge in [-0.3, -0.25) is 4.90 Å². The first-order valence-electron chi connectivity index (χ1n) is 21.1. The average Bonchev–Trinajstić information content (AvgIpc) is 3.82. The topological polar surface area (TPSA) is 53.1 Å². The van der Waals surface area contributed by atoms with Crippen LogP contribution in [0.5, 0.6) is 0 Å². The number of hydrogen-bond donors (Lipinski definition) is 0. The highest BCUT2D eigenvalue weighted by atomic mass is 16.3. The number of nitrogens with zero attached hydrogens (tertiary/aromatic N) is 3. The lowest BCUT2D eigenvalue weighted by molar-refractivity contribution is 0.252. The van der Waals surface area contributed by atoms with Gasteiger partial charge in [-0.1, -0.05) is 135 Å². The van der Waals surface area contributed by atoms with Gasteiger partial charge in [-0.15, -0.1) is 0 Å². The molecular formula is C53H41B2N3O3. The Bertz CT molecular complexity index is 3200. The van der Waals surface area contributed by atoms with E-state index in [-0.39, 0.29) is 19.5 Å². The van der Waals surface area contributed by atoms with Gasteiger partial charge >= 0.3 is 6.03 Å². The zero-order valence-corrected chi connectivity index (χ0v) is 35.0. The van der Waals surface area contributed by atoms with Crippen molar-refractivity contribution in [1.82, 2.24) is 0 Å². The number of carbonyl (C=O) groups excluding carboxylic acids is 1. The average molecular weight is 790 g/mol. The van der Waals surface area contributed by atoms with Crippen molar-refractivity contribution < 1.29 is 13.6 Å². The molecular weight excluding hydrogens is 748 g/mol. The van der Waals surface area contributed by atoms with Crippen LogP contribution >= 0.6 is 0 Å². The second kappa shape index (κ2) is 12.9. The predicted molar refractivity (Wildman–Crippen MR) is 254 cm³/mol. The monoisotopic (exact) mass is 789 g/mol. The molecule has 2 amide bonds. The summed E-state index contributed by atoms with van der Waals surface area (Å²) in [5, 5.41) is 4.12. The molecule has 6 nitrogen and oxygen atoms in total. The lowest BCUT2D eigenvalue weighted by atomic mass is 9.29. The van der Waals surface area contributed by atoms with Gasteiger partial charge in [0.25, 0.3) is 0 Å². The summed E-state index contributed by atoms with van der Waals surface area (Å²) < 4.78 is 13.0. The fourth-order valence-electron chi connectivity index (χ4n) is 11.0. The Labute approximate surface area is 355 Å². The van der Waals surface area contributed by atoms with Crippen molar-refractivity contribution in [2.75, 3.05) is 14.7 Å². The minimum atomic E-state index is -0.172. The van der Waals surface area contributed by atoms with Crippen molar-refractivity contribution in [3.63, 3.8) is 0 Å². The van der Waals surface area contributed by atoms with Crippen molar-refractivity contribution in [2.45, 2.75) is 41.5 Å². The summed E-state index contributed by atoms with van der Waals surface area (Å²) in [7, 11) is 0. The standard InChI is InChI=1S/C53H41B2N3O3/c1-30-14-11-15-31(2)48(30)54-34(5)51-56(36-24-26-40-38-18-7-9-22-44(38)60-46(40)28-36)53(59)57(37-25-27-41-39-19-8-10-23-45(39)61-47(41)29-37)52-35(6)55(49-32(3)16-12-17-33(49)4)43-21-13-20-42(54)50(43)58(51)52/h7-29H,1-6H3. The third kappa shape index (κ3) is 4.90. The van der Waals surface area contributed by atoms with Crippen LogP contribution in [0.2, 0.25) is 0 Å². The number of carbonyl (C=O) groups is 1. The van der Waals surface area contributed by atoms with E-state index in [1.807, 2.05) is 58.3 Å². The summed E-state index contributed by atoms with van der Waals surface area (Å²) in [5.74, 6) is 1.70. The molecule has 9 aromatic rings. The zero-order valence-electron chi connectivity index (χ0n) is 35.0. The molecule has 8 heteroatoms. The Morgan fingerprint density at radius 1 is 0.410 bits per heavy atom. The summed E-state index contributed by atoms with van der Waals surface area (Å²) in [6.45, 7) is 13.1. The van der Waals surface area contributed by atoms with Gasteiger partial charge in [0.05, 0.1) is 11.4 Å². The van der Waals surface area contributed by atoms with Gasteiger partial charge in [-0.2, -0.15) is 0 Å². The molecule has 0 unspecified atom stereocenters. The van der Waals surface area contributed by atoms with E-state index in [9.17, 15) is 0 Å². The van der Waals surface area contributed by atoms with E-state index >= 15 is 4.79 Å². The SMILES string of the molecule is CC1=C2N(c3ccc4c(c3)oc3ccccc34)C(=O)N(c3ccc4c(c3)oc3ccccc34)C3=C(C)B(c4c(C)cccc4C)c4cccc(c4N23)B1c1c(C)cccc1C. The molecule has 292 valence electrons. The quantitative estimate of drug-likeness (QED) is 0.167. The van der Waals surface area contributed by atoms with Gasteiger partial charge in [0.2, 0.25) is 13.4 Å². The van der Waals surface area contributed by atoms with Crippen LogP contribution in [0, 0.1) is 27.7 Å². The Balaban J connectivity index is 1.20. The lowest BCUT2D eigenvalue weighted by Gasteiger charge is -2.54. The fraction of sp³-hybridized carbons (Fsp3) is 0.113. The Hall–Kier alpha value is -7.18. The molecule has 1 fully saturated rings. The van der Waals surface area contributed by atoms with Crippen molar-refractivity contribution >= 4 is 102 Å². The molecule has 7 aromatic carbocycles. The van der Waals surface area contributed by atoms with Gasteiger partial charge < -0.3 is 8.83 Å². The van der Waals surface area contributed by atoms with Crippen molar-refractivity contribution in [2.24, 2.45) is 0 Å². The molecule has 3 aliphatic heterocycles. The normalized spacial score (nSPS) is 15.1. The van der Waals surface area contributed by atoms with E-state index < -0.39 is 0 Å². The number of fused-ring (bicyclic) bond motifs is 6. The number of hydrogen-bond acceptors (Lipinski definition) is 4. The number of rotatable bonds is 4. The molecule has 2 aromatic heterocycles. The van der Waals surface area contributed by atoms with Crippen LogP contribution in [0.15, 0.2) is 171 Å². The lowest BCUT2D eigenvalue weighted by Crippen LogP contribution is -2.67. The summed E-state index contributed by atoms with van der Waals surface area (Å²) in [6.07, 6.45) is 0. The summed E-state index contributed by atoms with van der Waals surface area (Å²) >= 11 is 0. The minimum Gasteiger partial charge on any atom is -0.456 e. The zero-order chi connectivity index (χ0) is 41.4. The van der Waals surface area contributed by atoms with Crippen molar-refractivity contribution in [3.8, 4) is 0 Å². The Kier molecular flexibility index (Phi) is 7.56. The molecule has 0 radical (unpaired) electrons. The number of benzene rings is 7. The number of amides is 2. The maximum absolute atomic E-state index is 16.2. The number of urea groups is 1. The smallest absolute Gasteiger partial charge is 0.340 e. The molecule has 0 bridgehead atoms. The molecule has 12 rings (SSSR count). The van der Waals surface area contributed by atoms with Crippen LogP contribution in [0.1, 0.15) is 36.1 Å². The van der Waals surface area contributed by atoms with E-state index in [1.54, 1.807) is 0 Å². The van der Waals surface area contributed by atoms with Crippen LogP contribution in [-0.4, -0.2) is 19.5 Å². The Morgan fingerprint density at radius 2 is 0.803 bits per heavy atom. The molecule has 5 heterocycles. The summed E-state index contributed by atoms with van der Waals surface area (Å²) in [5.41, 5.74) is 17.8. The third-order valence-electron chi connectivity index (χ3n) is 13.6. The number of allylic oxidation sites excluding steroid dienone is 2. The maximum atomic E-state index is 16.2. The van der Waals surface area contributed by atoms with Crippen molar-refractivity contribution in [3.05, 3.63) is 184 Å². The van der Waals surface area contributed by atoms with Crippen LogP contribution in [-0.2, 0) is 0 Å². The first-order chi connectivity index (χ1) is 29.7. The van der Waals surface area contributed by atoms with Gasteiger partial charge in [-0.05, 0) is 88.9 Å². The molecule has 0 aliphatic carbocycles. The number of anilines is 3. The van der Waals surface area contributed by atoms with Crippen LogP contribution in [0.4, 0.5) is 21.9 Å². The third-order valence-corrected chi connectivity index (χ3v) is 13.6. The van der Waals surface area contributed by atoms with Gasteiger partial charge in [0, 0.05) is 39.4 Å². The molecule has 61 heavy (non-hydrogen) atoms. The minimum absolute atomic E-state index is 0.107. The molecule has 3 aliphatic rings. The van der Waals surface area contributed by atoms with Crippen LogP contribution < -0.4 is 36.6 Å². The fourth-order valence-corrected chi connectivity index (χ4v) is 11.0. The van der Waals surface area contributed by atoms with E-state index in [2.05, 4.69) is 137 Å². The van der Waals surface area contributed by atoms with E-state index in [1.165, 1.54) is 44.1 Å². The first kappa shape index (κ1) is 35.7. The highest BCUT2D eigenvalue weighted by molar-refractivity contribution is 6.97. The molecule has 0 N–H and O–H groups in total. The molecule has 1 saturated heterocycles. The van der Waals surface area contributed by atoms with E-state index in [0.717, 1.165) is 83.5 Å². The van der Waals surface area contributed by atoms with Crippen LogP contribution in [0.25, 0.3) is 43.9 Å². The second-order valence-corrected chi connectivity index (χ2v) is 17.1. The van der Waals surface area contributed by atoms with Crippen LogP contribution in [0.3, 0.4) is 0 Å². The van der Waals surface area contributed by atoms with E-state index in [4.69, 9.17) is 8.83 Å². The van der Waals surface area contributed by atoms with Crippen molar-refractivity contribution in [1.29, 1.82) is 0 Å². The maximum Gasteiger partial charge on any atom is 0.340 e. The highest BCUT2D eigenvalue weighted by Crippen LogP contribution is 2.47. The predicted octanol–water partition coefficient (Wildman–Crippen LogP) is 10.5. The Morgan fingerprint density at radius 3 is 1.25 bits per heavy atom. The molecule has 0 atom stereocenters. The molecule has 0 saturated carbocycles. The second-order valence-electron chi connectivity index (χ2n) is 17.1. The van der Waals surface area contributed by atoms with Gasteiger partial charge in [0.1, 0.15) is 34.0 Å². The van der Waals surface area contributed by atoms with Gasteiger partial charge in [-0.25, -0.2) is 14.6 Å². The van der Waals surface area contributed by atoms with Gasteiger partial charge in [0.15, 0.2) is 0 Å². The largest absolute Gasteiger partial charge is 0.456 e.